The van der Waals surface area contributed by atoms with E-state index >= 15 is 0 Å². The lowest BCUT2D eigenvalue weighted by molar-refractivity contribution is -0.131. The Kier molecular flexibility index (Phi) is 9.02. The van der Waals surface area contributed by atoms with Crippen molar-refractivity contribution >= 4 is 40.5 Å². The first-order chi connectivity index (χ1) is 20.8. The van der Waals surface area contributed by atoms with E-state index in [1.807, 2.05) is 19.1 Å². The normalized spacial score (nSPS) is 14.3. The van der Waals surface area contributed by atoms with Crippen molar-refractivity contribution in [1.82, 2.24) is 5.43 Å². The predicted octanol–water partition coefficient (Wildman–Crippen LogP) is 4.62. The van der Waals surface area contributed by atoms with Gasteiger partial charge in [0.25, 0.3) is 5.91 Å². The fourth-order valence-corrected chi connectivity index (χ4v) is 4.98. The monoisotopic (exact) mass is 599 g/mol. The summed E-state index contributed by atoms with van der Waals surface area (Å²) in [6.07, 6.45) is 0. The van der Waals surface area contributed by atoms with Gasteiger partial charge in [-0.15, -0.1) is 0 Å². The van der Waals surface area contributed by atoms with Crippen LogP contribution in [0.2, 0.25) is 0 Å². The summed E-state index contributed by atoms with van der Waals surface area (Å²) in [6.45, 7) is 1.29. The average molecular weight is 600 g/mol. The zero-order valence-electron chi connectivity index (χ0n) is 23.2. The number of nitrogens with one attached hydrogen (secondary N) is 2. The molecule has 1 amide bonds. The number of benzene rings is 4. The van der Waals surface area contributed by atoms with Gasteiger partial charge in [-0.1, -0.05) is 60.2 Å². The minimum atomic E-state index is -1.88. The second kappa shape index (κ2) is 13.2. The molecule has 10 nitrogen and oxygen atoms in total. The Labute approximate surface area is 251 Å². The van der Waals surface area contributed by atoms with Gasteiger partial charge >= 0.3 is 23.2 Å². The zero-order chi connectivity index (χ0) is 30.2. The van der Waals surface area contributed by atoms with Crippen molar-refractivity contribution < 1.29 is 32.2 Å². The highest BCUT2D eigenvalue weighted by Crippen LogP contribution is 2.31. The number of ether oxygens (including phenoxy) is 2. The molecule has 1 atom stereocenters. The predicted molar refractivity (Wildman–Crippen MR) is 161 cm³/mol. The van der Waals surface area contributed by atoms with Crippen LogP contribution in [0.1, 0.15) is 26.3 Å². The van der Waals surface area contributed by atoms with E-state index in [1.54, 1.807) is 102 Å². The molecule has 1 saturated heterocycles. The van der Waals surface area contributed by atoms with E-state index in [1.165, 1.54) is 0 Å². The summed E-state index contributed by atoms with van der Waals surface area (Å²) >= 11 is -1.88. The molecule has 43 heavy (non-hydrogen) atoms. The third-order valence-corrected chi connectivity index (χ3v) is 7.46. The fourth-order valence-electron chi connectivity index (χ4n) is 4.33. The summed E-state index contributed by atoms with van der Waals surface area (Å²) in [5, 5.41) is 1.56. The Bertz CT molecular complexity index is 1560. The van der Waals surface area contributed by atoms with Crippen LogP contribution in [-0.2, 0) is 25.5 Å². The van der Waals surface area contributed by atoms with Gasteiger partial charge in [-0.3, -0.25) is 20.0 Å². The molecule has 11 heteroatoms. The quantitative estimate of drug-likeness (QED) is 0.240. The van der Waals surface area contributed by atoms with Crippen LogP contribution in [0.25, 0.3) is 0 Å². The van der Waals surface area contributed by atoms with Crippen molar-refractivity contribution in [2.45, 2.75) is 6.92 Å². The van der Waals surface area contributed by atoms with Crippen LogP contribution < -0.4 is 19.3 Å². The van der Waals surface area contributed by atoms with Gasteiger partial charge in [0.15, 0.2) is 0 Å². The van der Waals surface area contributed by atoms with E-state index in [-0.39, 0.29) is 19.8 Å². The molecule has 1 heterocycles. The fraction of sp³-hybridized carbons (Fsp3) is 0.156. The van der Waals surface area contributed by atoms with E-state index < -0.39 is 34.5 Å². The molecule has 1 aliphatic rings. The molecule has 5 rings (SSSR count). The Morgan fingerprint density at radius 2 is 1.42 bits per heavy atom. The minimum absolute atomic E-state index is 0.0163. The molecule has 0 saturated carbocycles. The molecule has 220 valence electrons. The van der Waals surface area contributed by atoms with E-state index in [4.69, 9.17) is 13.7 Å². The van der Waals surface area contributed by atoms with Crippen molar-refractivity contribution in [3.05, 3.63) is 126 Å². The zero-order valence-corrected chi connectivity index (χ0v) is 24.0. The molecule has 1 aliphatic heterocycles. The van der Waals surface area contributed by atoms with Crippen LogP contribution in [0, 0.1) is 12.3 Å². The summed E-state index contributed by atoms with van der Waals surface area (Å²) in [5.74, 6) is -1.26. The molecule has 1 fully saturated rings. The summed E-state index contributed by atoms with van der Waals surface area (Å²) < 4.78 is 31.9. The maximum absolute atomic E-state index is 13.4. The molecule has 0 spiro atoms. The van der Waals surface area contributed by atoms with E-state index in [0.29, 0.717) is 28.3 Å². The highest BCUT2D eigenvalue weighted by Gasteiger charge is 2.49. The second-order valence-electron chi connectivity index (χ2n) is 9.98. The van der Waals surface area contributed by atoms with E-state index in [9.17, 15) is 18.6 Å². The number of rotatable bonds is 11. The van der Waals surface area contributed by atoms with Crippen molar-refractivity contribution in [2.75, 3.05) is 29.5 Å². The van der Waals surface area contributed by atoms with Gasteiger partial charge in [-0.25, -0.2) is 9.59 Å². The molecule has 1 unspecified atom stereocenters. The van der Waals surface area contributed by atoms with Gasteiger partial charge in [0.1, 0.15) is 24.4 Å². The van der Waals surface area contributed by atoms with Gasteiger partial charge < -0.3 is 13.7 Å². The maximum atomic E-state index is 13.4. The summed E-state index contributed by atoms with van der Waals surface area (Å²) in [7, 11) is 0. The molecule has 0 bridgehead atoms. The molecule has 0 radical (unpaired) electrons. The number of carbonyl (C=O) groups is 3. The number of hydrazine groups is 1. The van der Waals surface area contributed by atoms with Crippen LogP contribution in [-0.4, -0.2) is 41.8 Å². The number of hydrogen-bond donors (Lipinski definition) is 2. The van der Waals surface area contributed by atoms with Crippen molar-refractivity contribution in [2.24, 2.45) is 5.41 Å². The summed E-state index contributed by atoms with van der Waals surface area (Å²) in [5.41, 5.74) is 4.11. The van der Waals surface area contributed by atoms with Gasteiger partial charge in [-0.2, -0.15) is 4.21 Å². The lowest BCUT2D eigenvalue weighted by Crippen LogP contribution is -2.43. The Morgan fingerprint density at radius 3 is 2.00 bits per heavy atom. The summed E-state index contributed by atoms with van der Waals surface area (Å²) in [6, 6.07) is 30.8. The van der Waals surface area contributed by atoms with Crippen molar-refractivity contribution in [3.63, 3.8) is 0 Å². The Morgan fingerprint density at radius 1 is 0.837 bits per heavy atom. The first-order valence-electron chi connectivity index (χ1n) is 13.4. The number of carbonyl (C=O) groups excluding carboxylic acids is 3. The molecule has 2 N–H and O–H groups in total. The number of anilines is 2. The lowest BCUT2D eigenvalue weighted by Gasteiger charge is -2.25. The number of nitrogens with zero attached hydrogens (tertiary/aromatic N) is 1. The van der Waals surface area contributed by atoms with Gasteiger partial charge in [0.05, 0.1) is 29.0 Å². The third kappa shape index (κ3) is 7.38. The molecular weight excluding hydrogens is 570 g/mol. The van der Waals surface area contributed by atoms with Crippen LogP contribution in [0.5, 0.6) is 5.75 Å². The van der Waals surface area contributed by atoms with Crippen molar-refractivity contribution in [3.8, 4) is 5.75 Å². The third-order valence-electron chi connectivity index (χ3n) is 6.71. The van der Waals surface area contributed by atoms with Crippen molar-refractivity contribution in [1.29, 1.82) is 0 Å². The number of esters is 2. The first-order valence-corrected chi connectivity index (χ1v) is 14.5. The second-order valence-corrected chi connectivity index (χ2v) is 10.8. The molecule has 4 aromatic rings. The minimum Gasteiger partial charge on any atom is -0.461 e. The maximum Gasteiger partial charge on any atom is 0.338 e. The van der Waals surface area contributed by atoms with Crippen LogP contribution in [0.3, 0.4) is 0 Å². The summed E-state index contributed by atoms with van der Waals surface area (Å²) in [4.78, 5) is 38.9. The highest BCUT2D eigenvalue weighted by molar-refractivity contribution is 7.81. The van der Waals surface area contributed by atoms with Crippen LogP contribution in [0.4, 0.5) is 11.4 Å². The Hall–Kier alpha value is -5.16. The number of amides is 1. The molecule has 0 aromatic heterocycles. The average Bonchev–Trinajstić information content (AvgIpc) is 3.36. The topological polar surface area (TPSA) is 123 Å². The smallest absolute Gasteiger partial charge is 0.338 e. The van der Waals surface area contributed by atoms with Gasteiger partial charge in [0.2, 0.25) is 0 Å². The van der Waals surface area contributed by atoms with E-state index in [0.717, 1.165) is 5.56 Å². The first kappa shape index (κ1) is 29.3. The molecule has 0 aliphatic carbocycles. The molecular formula is C32H29N3O7S. The lowest BCUT2D eigenvalue weighted by atomic mass is 9.90. The number of aryl methyl sites for hydroxylation is 1. The highest BCUT2D eigenvalue weighted by atomic mass is 32.2. The number of hydrogen-bond acceptors (Lipinski definition) is 8. The standard InChI is InChI=1S/C32H29N3O7S/c1-23-15-17-28(18-16-23)42-43(39)34-26-13-8-14-27(19-26)35-20-32(31(38)33-35,21-40-29(36)24-9-4-2-5-10-24)22-41-30(37)25-11-6-3-7-12-25/h2-19,34H,20-22H2,1H3,(H,33,38). The van der Waals surface area contributed by atoms with Gasteiger partial charge in [0, 0.05) is 0 Å². The Balaban J connectivity index is 1.31. The van der Waals surface area contributed by atoms with E-state index in [2.05, 4.69) is 10.1 Å². The largest absolute Gasteiger partial charge is 0.461 e. The molecule has 4 aromatic carbocycles. The van der Waals surface area contributed by atoms with Crippen LogP contribution in [0.15, 0.2) is 109 Å². The SMILES string of the molecule is Cc1ccc(OS(=O)Nc2cccc(N3CC(COC(=O)c4ccccc4)(COC(=O)c4ccccc4)C(=O)N3)c2)cc1. The van der Waals surface area contributed by atoms with Crippen LogP contribution >= 0.6 is 0 Å². The van der Waals surface area contributed by atoms with Gasteiger partial charge in [-0.05, 0) is 61.5 Å².